The van der Waals surface area contributed by atoms with Gasteiger partial charge in [-0.05, 0) is 44.9 Å². The number of benzene rings is 1. The lowest BCUT2D eigenvalue weighted by molar-refractivity contribution is -0.119. The normalized spacial score (nSPS) is 15.7. The molecule has 0 saturated heterocycles. The van der Waals surface area contributed by atoms with Crippen LogP contribution < -0.4 is 11.5 Å². The zero-order valence-electron chi connectivity index (χ0n) is 11.9. The lowest BCUT2D eigenvalue weighted by Crippen LogP contribution is -2.33. The molecule has 0 spiro atoms. The van der Waals surface area contributed by atoms with Crippen molar-refractivity contribution >= 4 is 22.6 Å². The molecular weight excluding hydrogens is 252 g/mol. The van der Waals surface area contributed by atoms with Gasteiger partial charge in [0.1, 0.15) is 5.82 Å². The quantitative estimate of drug-likeness (QED) is 0.836. The summed E-state index contributed by atoms with van der Waals surface area (Å²) in [5, 5.41) is 0. The number of carbonyl (C=O) groups excluding carboxylic acids is 1. The molecule has 0 radical (unpaired) electrons. The Balaban J connectivity index is 2.21. The number of nitrogens with zero attached hydrogens (tertiary/aromatic N) is 2. The third-order valence-corrected chi connectivity index (χ3v) is 3.86. The van der Waals surface area contributed by atoms with Crippen LogP contribution in [0.3, 0.4) is 0 Å². The zero-order valence-corrected chi connectivity index (χ0v) is 11.9. The van der Waals surface area contributed by atoms with E-state index >= 15 is 0 Å². The van der Waals surface area contributed by atoms with Gasteiger partial charge in [-0.3, -0.25) is 4.79 Å². The summed E-state index contributed by atoms with van der Waals surface area (Å²) in [5.41, 5.74) is 13.5. The maximum Gasteiger partial charge on any atom is 0.219 e. The average molecular weight is 272 g/mol. The summed E-state index contributed by atoms with van der Waals surface area (Å²) in [6.45, 7) is 4.06. The van der Waals surface area contributed by atoms with E-state index in [1.54, 1.807) is 0 Å². The number of imidazole rings is 1. The molecule has 0 unspecified atom stereocenters. The van der Waals surface area contributed by atoms with Crippen molar-refractivity contribution in [1.82, 2.24) is 9.55 Å². The lowest BCUT2D eigenvalue weighted by Gasteiger charge is -2.28. The van der Waals surface area contributed by atoms with Gasteiger partial charge in [0.25, 0.3) is 0 Å². The minimum atomic E-state index is -0.380. The monoisotopic (exact) mass is 272 g/mol. The van der Waals surface area contributed by atoms with E-state index in [4.69, 9.17) is 16.5 Å². The van der Waals surface area contributed by atoms with E-state index in [0.29, 0.717) is 18.0 Å². The Bertz CT molecular complexity index is 682. The molecule has 3 rings (SSSR count). The van der Waals surface area contributed by atoms with Crippen molar-refractivity contribution in [2.75, 3.05) is 5.73 Å². The number of rotatable bonds is 4. The molecule has 1 aliphatic carbocycles. The fraction of sp³-hybridized carbons (Fsp3) is 0.467. The summed E-state index contributed by atoms with van der Waals surface area (Å²) >= 11 is 0. The first-order valence-electron chi connectivity index (χ1n) is 6.95. The number of aromatic nitrogens is 2. The van der Waals surface area contributed by atoms with E-state index in [1.807, 2.05) is 32.0 Å². The molecule has 5 nitrogen and oxygen atoms in total. The second-order valence-electron chi connectivity index (χ2n) is 6.28. The number of fused-ring (bicyclic) bond motifs is 1. The molecule has 1 aliphatic rings. The number of anilines is 1. The molecule has 1 saturated carbocycles. The number of primary amides is 1. The van der Waals surface area contributed by atoms with Gasteiger partial charge in [0.2, 0.25) is 5.91 Å². The Labute approximate surface area is 118 Å². The fourth-order valence-corrected chi connectivity index (χ4v) is 2.87. The lowest BCUT2D eigenvalue weighted by atomic mass is 9.99. The Morgan fingerprint density at radius 3 is 2.75 bits per heavy atom. The van der Waals surface area contributed by atoms with Crippen LogP contribution in [-0.2, 0) is 10.3 Å². The van der Waals surface area contributed by atoms with Crippen molar-refractivity contribution in [3.05, 3.63) is 24.0 Å². The van der Waals surface area contributed by atoms with Crippen molar-refractivity contribution in [2.24, 2.45) is 5.73 Å². The summed E-state index contributed by atoms with van der Waals surface area (Å²) in [6, 6.07) is 5.74. The molecule has 1 amide bonds. The number of carbonyl (C=O) groups is 1. The summed E-state index contributed by atoms with van der Waals surface area (Å²) in [4.78, 5) is 16.1. The standard InChI is InChI=1S/C15H20N4O/c1-15(2,8-13(17)20)19-12-6-5-10(16)7-11(12)18-14(19)9-3-4-9/h5-7,9H,3-4,8,16H2,1-2H3,(H2,17,20). The fourth-order valence-electron chi connectivity index (χ4n) is 2.87. The van der Waals surface area contributed by atoms with Crippen LogP contribution in [0.2, 0.25) is 0 Å². The summed E-state index contributed by atoms with van der Waals surface area (Å²) in [7, 11) is 0. The van der Waals surface area contributed by atoms with Crippen LogP contribution in [0, 0.1) is 0 Å². The van der Waals surface area contributed by atoms with Crippen molar-refractivity contribution in [3.8, 4) is 0 Å². The van der Waals surface area contributed by atoms with E-state index in [2.05, 4.69) is 4.57 Å². The molecular formula is C15H20N4O. The molecule has 0 aliphatic heterocycles. The molecule has 1 fully saturated rings. The number of nitrogens with two attached hydrogens (primary N) is 2. The van der Waals surface area contributed by atoms with Gasteiger partial charge < -0.3 is 16.0 Å². The van der Waals surface area contributed by atoms with Crippen molar-refractivity contribution in [3.63, 3.8) is 0 Å². The molecule has 4 N–H and O–H groups in total. The van der Waals surface area contributed by atoms with Gasteiger partial charge in [0, 0.05) is 23.6 Å². The highest BCUT2D eigenvalue weighted by Crippen LogP contribution is 2.43. The van der Waals surface area contributed by atoms with Gasteiger partial charge in [-0.2, -0.15) is 0 Å². The second-order valence-corrected chi connectivity index (χ2v) is 6.28. The highest BCUT2D eigenvalue weighted by molar-refractivity contribution is 5.81. The summed E-state index contributed by atoms with van der Waals surface area (Å²) in [5.74, 6) is 1.25. The van der Waals surface area contributed by atoms with Crippen molar-refractivity contribution in [1.29, 1.82) is 0 Å². The smallest absolute Gasteiger partial charge is 0.219 e. The average Bonchev–Trinajstić information content (AvgIpc) is 3.08. The van der Waals surface area contributed by atoms with Crippen molar-refractivity contribution < 1.29 is 4.79 Å². The summed E-state index contributed by atoms with van der Waals surface area (Å²) < 4.78 is 2.17. The number of amides is 1. The molecule has 1 heterocycles. The minimum absolute atomic E-state index is 0.294. The Hall–Kier alpha value is -2.04. The van der Waals surface area contributed by atoms with Gasteiger partial charge in [0.15, 0.2) is 0 Å². The Morgan fingerprint density at radius 2 is 2.15 bits per heavy atom. The Morgan fingerprint density at radius 1 is 1.45 bits per heavy atom. The highest BCUT2D eigenvalue weighted by Gasteiger charge is 2.35. The van der Waals surface area contributed by atoms with E-state index in [9.17, 15) is 4.79 Å². The first-order chi connectivity index (χ1) is 9.38. The predicted molar refractivity (Wildman–Crippen MR) is 79.3 cm³/mol. The zero-order chi connectivity index (χ0) is 14.5. The van der Waals surface area contributed by atoms with Crippen LogP contribution in [0.25, 0.3) is 11.0 Å². The molecule has 20 heavy (non-hydrogen) atoms. The minimum Gasteiger partial charge on any atom is -0.399 e. The van der Waals surface area contributed by atoms with Crippen LogP contribution in [0.15, 0.2) is 18.2 Å². The van der Waals surface area contributed by atoms with E-state index in [1.165, 1.54) is 0 Å². The molecule has 106 valence electrons. The van der Waals surface area contributed by atoms with Crippen LogP contribution in [0.4, 0.5) is 5.69 Å². The maximum atomic E-state index is 11.4. The molecule has 0 atom stereocenters. The number of hydrogen-bond donors (Lipinski definition) is 2. The first kappa shape index (κ1) is 13.0. The summed E-state index contributed by atoms with van der Waals surface area (Å²) in [6.07, 6.45) is 2.61. The highest BCUT2D eigenvalue weighted by atomic mass is 16.1. The number of nitrogen functional groups attached to an aromatic ring is 1. The van der Waals surface area contributed by atoms with E-state index in [-0.39, 0.29) is 11.4 Å². The predicted octanol–water partition coefficient (Wildman–Crippen LogP) is 2.11. The van der Waals surface area contributed by atoms with Crippen LogP contribution in [0.1, 0.15) is 44.9 Å². The van der Waals surface area contributed by atoms with E-state index in [0.717, 1.165) is 29.7 Å². The van der Waals surface area contributed by atoms with Crippen LogP contribution in [0.5, 0.6) is 0 Å². The van der Waals surface area contributed by atoms with Gasteiger partial charge in [0.05, 0.1) is 11.0 Å². The molecule has 1 aromatic heterocycles. The molecule has 2 aromatic rings. The van der Waals surface area contributed by atoms with Gasteiger partial charge >= 0.3 is 0 Å². The molecule has 5 heteroatoms. The van der Waals surface area contributed by atoms with Crippen molar-refractivity contribution in [2.45, 2.75) is 44.6 Å². The van der Waals surface area contributed by atoms with Gasteiger partial charge in [-0.15, -0.1) is 0 Å². The van der Waals surface area contributed by atoms with E-state index < -0.39 is 0 Å². The third kappa shape index (κ3) is 2.13. The first-order valence-corrected chi connectivity index (χ1v) is 6.95. The third-order valence-electron chi connectivity index (χ3n) is 3.86. The SMILES string of the molecule is CC(C)(CC(N)=O)n1c(C2CC2)nc2cc(N)ccc21. The maximum absolute atomic E-state index is 11.4. The molecule has 1 aromatic carbocycles. The Kier molecular flexibility index (Phi) is 2.74. The van der Waals surface area contributed by atoms with Gasteiger partial charge in [-0.25, -0.2) is 4.98 Å². The largest absolute Gasteiger partial charge is 0.399 e. The van der Waals surface area contributed by atoms with Gasteiger partial charge in [-0.1, -0.05) is 0 Å². The second kappa shape index (κ2) is 4.23. The van der Waals surface area contributed by atoms with Crippen LogP contribution in [-0.4, -0.2) is 15.5 Å². The number of hydrogen-bond acceptors (Lipinski definition) is 3. The molecule has 0 bridgehead atoms. The van der Waals surface area contributed by atoms with Crippen LogP contribution >= 0.6 is 0 Å². The topological polar surface area (TPSA) is 86.9 Å².